The molecule has 6 heteroatoms. The monoisotopic (exact) mass is 235 g/mol. The number of hydrogen-bond donors (Lipinski definition) is 1. The van der Waals surface area contributed by atoms with Gasteiger partial charge in [-0.05, 0) is 12.1 Å². The third-order valence-corrected chi connectivity index (χ3v) is 2.88. The summed E-state index contributed by atoms with van der Waals surface area (Å²) >= 11 is 0. The zero-order chi connectivity index (χ0) is 11.8. The van der Waals surface area contributed by atoms with Crippen LogP contribution in [0.1, 0.15) is 11.4 Å². The van der Waals surface area contributed by atoms with Crippen LogP contribution in [0, 0.1) is 11.3 Å². The van der Waals surface area contributed by atoms with Gasteiger partial charge in [-0.2, -0.15) is 5.26 Å². The fourth-order valence-electron chi connectivity index (χ4n) is 1.49. The minimum atomic E-state index is -3.12. The predicted molar refractivity (Wildman–Crippen MR) is 59.4 cm³/mol. The van der Waals surface area contributed by atoms with E-state index in [1.807, 2.05) is 6.07 Å². The molecule has 0 aliphatic rings. The van der Waals surface area contributed by atoms with Crippen LogP contribution in [0.4, 0.5) is 0 Å². The number of benzene rings is 1. The topological polar surface area (TPSA) is 86.6 Å². The number of rotatable bonds is 2. The smallest absolute Gasteiger partial charge is 0.154 e. The number of sulfone groups is 1. The normalized spacial score (nSPS) is 11.5. The third-order valence-electron chi connectivity index (χ3n) is 2.08. The van der Waals surface area contributed by atoms with Crippen LogP contribution in [0.2, 0.25) is 0 Å². The molecule has 82 valence electrons. The number of nitrogens with one attached hydrogen (secondary N) is 1. The second kappa shape index (κ2) is 3.61. The first-order valence-electron chi connectivity index (χ1n) is 4.55. The molecule has 0 saturated heterocycles. The molecule has 0 fully saturated rings. The number of imidazole rings is 1. The van der Waals surface area contributed by atoms with Crippen LogP contribution >= 0.6 is 0 Å². The van der Waals surface area contributed by atoms with Crippen LogP contribution in [0.15, 0.2) is 18.2 Å². The summed E-state index contributed by atoms with van der Waals surface area (Å²) in [7, 11) is -3.12. The van der Waals surface area contributed by atoms with Crippen molar-refractivity contribution in [1.82, 2.24) is 9.97 Å². The summed E-state index contributed by atoms with van der Waals surface area (Å²) in [6.07, 6.45) is 1.14. The van der Waals surface area contributed by atoms with Crippen LogP contribution in [0.3, 0.4) is 0 Å². The lowest BCUT2D eigenvalue weighted by atomic mass is 10.2. The molecule has 0 bridgehead atoms. The van der Waals surface area contributed by atoms with Gasteiger partial charge in [0.05, 0.1) is 11.1 Å². The SMILES string of the molecule is CS(=O)(=O)Cc1nc2c(C#N)cccc2[nH]1. The molecule has 0 radical (unpaired) electrons. The van der Waals surface area contributed by atoms with Gasteiger partial charge in [0.25, 0.3) is 0 Å². The van der Waals surface area contributed by atoms with E-state index >= 15 is 0 Å². The number of hydrogen-bond acceptors (Lipinski definition) is 4. The van der Waals surface area contributed by atoms with E-state index in [4.69, 9.17) is 5.26 Å². The van der Waals surface area contributed by atoms with E-state index in [1.54, 1.807) is 18.2 Å². The van der Waals surface area contributed by atoms with Crippen LogP contribution in [0.25, 0.3) is 11.0 Å². The molecule has 0 atom stereocenters. The Hall–Kier alpha value is -1.87. The predicted octanol–water partition coefficient (Wildman–Crippen LogP) is 0.979. The highest BCUT2D eigenvalue weighted by Crippen LogP contribution is 2.16. The van der Waals surface area contributed by atoms with Gasteiger partial charge in [-0.1, -0.05) is 6.07 Å². The Morgan fingerprint density at radius 1 is 1.50 bits per heavy atom. The fraction of sp³-hybridized carbons (Fsp3) is 0.200. The van der Waals surface area contributed by atoms with Crippen molar-refractivity contribution in [3.8, 4) is 6.07 Å². The molecule has 1 N–H and O–H groups in total. The van der Waals surface area contributed by atoms with Gasteiger partial charge in [0, 0.05) is 6.26 Å². The zero-order valence-electron chi connectivity index (χ0n) is 8.56. The maximum absolute atomic E-state index is 11.1. The Labute approximate surface area is 92.7 Å². The molecule has 1 aromatic heterocycles. The summed E-state index contributed by atoms with van der Waals surface area (Å²) < 4.78 is 22.2. The van der Waals surface area contributed by atoms with E-state index in [2.05, 4.69) is 9.97 Å². The van der Waals surface area contributed by atoms with Crippen molar-refractivity contribution in [3.63, 3.8) is 0 Å². The fourth-order valence-corrected chi connectivity index (χ4v) is 2.12. The highest BCUT2D eigenvalue weighted by atomic mass is 32.2. The first kappa shape index (κ1) is 10.6. The zero-order valence-corrected chi connectivity index (χ0v) is 9.37. The van der Waals surface area contributed by atoms with Crippen molar-refractivity contribution >= 4 is 20.9 Å². The van der Waals surface area contributed by atoms with E-state index in [9.17, 15) is 8.42 Å². The van der Waals surface area contributed by atoms with E-state index in [1.165, 1.54) is 0 Å². The molecule has 0 unspecified atom stereocenters. The number of aromatic nitrogens is 2. The lowest BCUT2D eigenvalue weighted by Crippen LogP contribution is -2.01. The molecular weight excluding hydrogens is 226 g/mol. The molecular formula is C10H9N3O2S. The van der Waals surface area contributed by atoms with Crippen LogP contribution in [-0.4, -0.2) is 24.6 Å². The second-order valence-corrected chi connectivity index (χ2v) is 5.71. The molecule has 0 aliphatic heterocycles. The van der Waals surface area contributed by atoms with Crippen LogP contribution in [0.5, 0.6) is 0 Å². The minimum Gasteiger partial charge on any atom is -0.341 e. The van der Waals surface area contributed by atoms with E-state index in [0.717, 1.165) is 6.26 Å². The molecule has 0 saturated carbocycles. The van der Waals surface area contributed by atoms with Crippen molar-refractivity contribution in [2.75, 3.05) is 6.26 Å². The molecule has 2 rings (SSSR count). The second-order valence-electron chi connectivity index (χ2n) is 3.57. The van der Waals surface area contributed by atoms with Gasteiger partial charge in [0.1, 0.15) is 23.2 Å². The van der Waals surface area contributed by atoms with Crippen molar-refractivity contribution in [2.45, 2.75) is 5.75 Å². The van der Waals surface area contributed by atoms with E-state index in [0.29, 0.717) is 22.4 Å². The molecule has 1 aromatic carbocycles. The number of nitrogens with zero attached hydrogens (tertiary/aromatic N) is 2. The molecule has 5 nitrogen and oxygen atoms in total. The van der Waals surface area contributed by atoms with Gasteiger partial charge in [-0.15, -0.1) is 0 Å². The molecule has 0 aliphatic carbocycles. The largest absolute Gasteiger partial charge is 0.341 e. The Morgan fingerprint density at radius 2 is 2.25 bits per heavy atom. The number of aromatic amines is 1. The highest BCUT2D eigenvalue weighted by Gasteiger charge is 2.11. The first-order chi connectivity index (χ1) is 7.49. The maximum atomic E-state index is 11.1. The third kappa shape index (κ3) is 2.04. The molecule has 0 spiro atoms. The summed E-state index contributed by atoms with van der Waals surface area (Å²) in [5.74, 6) is 0.215. The first-order valence-corrected chi connectivity index (χ1v) is 6.61. The minimum absolute atomic E-state index is 0.146. The molecule has 1 heterocycles. The summed E-state index contributed by atoms with van der Waals surface area (Å²) in [6, 6.07) is 7.14. The summed E-state index contributed by atoms with van der Waals surface area (Å²) in [4.78, 5) is 7.00. The average Bonchev–Trinajstić information content (AvgIpc) is 2.56. The number of fused-ring (bicyclic) bond motifs is 1. The van der Waals surface area contributed by atoms with Gasteiger partial charge in [0.15, 0.2) is 9.84 Å². The van der Waals surface area contributed by atoms with Gasteiger partial charge in [0.2, 0.25) is 0 Å². The van der Waals surface area contributed by atoms with Crippen LogP contribution < -0.4 is 0 Å². The highest BCUT2D eigenvalue weighted by molar-refractivity contribution is 7.89. The Bertz CT molecular complexity index is 680. The number of H-pyrrole nitrogens is 1. The van der Waals surface area contributed by atoms with Crippen molar-refractivity contribution in [2.24, 2.45) is 0 Å². The van der Waals surface area contributed by atoms with Crippen molar-refractivity contribution in [1.29, 1.82) is 5.26 Å². The van der Waals surface area contributed by atoms with Crippen LogP contribution in [-0.2, 0) is 15.6 Å². The van der Waals surface area contributed by atoms with Gasteiger partial charge >= 0.3 is 0 Å². The Morgan fingerprint density at radius 3 is 2.88 bits per heavy atom. The quantitative estimate of drug-likeness (QED) is 0.840. The lowest BCUT2D eigenvalue weighted by molar-refractivity contribution is 0.600. The summed E-state index contributed by atoms with van der Waals surface area (Å²) in [5.41, 5.74) is 1.63. The van der Waals surface area contributed by atoms with E-state index < -0.39 is 9.84 Å². The molecule has 2 aromatic rings. The summed E-state index contributed by atoms with van der Waals surface area (Å²) in [5, 5.41) is 8.86. The van der Waals surface area contributed by atoms with E-state index in [-0.39, 0.29) is 5.75 Å². The number of para-hydroxylation sites is 1. The summed E-state index contributed by atoms with van der Waals surface area (Å²) in [6.45, 7) is 0. The standard InChI is InChI=1S/C10H9N3O2S/c1-16(14,15)6-9-12-8-4-2-3-7(5-11)10(8)13-9/h2-4H,6H2,1H3,(H,12,13). The average molecular weight is 235 g/mol. The van der Waals surface area contributed by atoms with Gasteiger partial charge in [-0.3, -0.25) is 0 Å². The molecule has 16 heavy (non-hydrogen) atoms. The Kier molecular flexibility index (Phi) is 2.40. The van der Waals surface area contributed by atoms with Crippen molar-refractivity contribution < 1.29 is 8.42 Å². The maximum Gasteiger partial charge on any atom is 0.154 e. The number of nitriles is 1. The van der Waals surface area contributed by atoms with Gasteiger partial charge < -0.3 is 4.98 Å². The lowest BCUT2D eigenvalue weighted by Gasteiger charge is -1.91. The van der Waals surface area contributed by atoms with Crippen molar-refractivity contribution in [3.05, 3.63) is 29.6 Å². The Balaban J connectivity index is 2.57. The molecule has 0 amide bonds. The van der Waals surface area contributed by atoms with Gasteiger partial charge in [-0.25, -0.2) is 13.4 Å².